The number of morpholine rings is 1. The highest BCUT2D eigenvalue weighted by molar-refractivity contribution is 7.86. The van der Waals surface area contributed by atoms with Crippen LogP contribution in [0.4, 0.5) is 0 Å². The molecule has 0 amide bonds. The third-order valence-electron chi connectivity index (χ3n) is 4.22. The Labute approximate surface area is 126 Å². The van der Waals surface area contributed by atoms with Gasteiger partial charge in [0, 0.05) is 19.1 Å². The van der Waals surface area contributed by atoms with Crippen molar-refractivity contribution >= 4 is 16.2 Å². The second-order valence-electron chi connectivity index (χ2n) is 5.74. The highest BCUT2D eigenvalue weighted by atomic mass is 32.2. The van der Waals surface area contributed by atoms with E-state index >= 15 is 0 Å². The lowest BCUT2D eigenvalue weighted by Crippen LogP contribution is -2.59. The van der Waals surface area contributed by atoms with Crippen molar-refractivity contribution in [2.45, 2.75) is 57.7 Å². The molecule has 2 aliphatic rings. The maximum absolute atomic E-state index is 12.9. The minimum Gasteiger partial charge on any atom is -0.480 e. The minimum absolute atomic E-state index is 0.171. The first-order chi connectivity index (χ1) is 9.87. The van der Waals surface area contributed by atoms with Crippen molar-refractivity contribution in [1.82, 2.24) is 8.61 Å². The van der Waals surface area contributed by atoms with Gasteiger partial charge in [0.05, 0.1) is 12.7 Å². The molecule has 122 valence electrons. The Bertz CT molecular complexity index is 481. The van der Waals surface area contributed by atoms with Crippen LogP contribution in [0, 0.1) is 0 Å². The van der Waals surface area contributed by atoms with Crippen LogP contribution in [0.1, 0.15) is 39.5 Å². The summed E-state index contributed by atoms with van der Waals surface area (Å²) in [6, 6.07) is -1.16. The van der Waals surface area contributed by atoms with Gasteiger partial charge in [-0.1, -0.05) is 6.92 Å². The number of piperidine rings is 1. The standard InChI is InChI=1S/C13H24N2O5S/c1-3-11-9-20-10(2)8-15(11)21(18,19)14-7-5-4-6-12(14)13(16)17/h10-12H,3-9H2,1-2H3,(H,16,17). The summed E-state index contributed by atoms with van der Waals surface area (Å²) in [7, 11) is -3.77. The molecule has 0 aromatic carbocycles. The van der Waals surface area contributed by atoms with E-state index in [0.717, 1.165) is 6.42 Å². The SMILES string of the molecule is CCC1COC(C)CN1S(=O)(=O)N1CCCCC1C(=O)O. The van der Waals surface area contributed by atoms with Gasteiger partial charge in [0.25, 0.3) is 10.2 Å². The van der Waals surface area contributed by atoms with E-state index in [2.05, 4.69) is 0 Å². The molecular formula is C13H24N2O5S. The quantitative estimate of drug-likeness (QED) is 0.822. The predicted octanol–water partition coefficient (Wildman–Crippen LogP) is 0.670. The van der Waals surface area contributed by atoms with Crippen LogP contribution in [0.3, 0.4) is 0 Å². The van der Waals surface area contributed by atoms with Crippen LogP contribution in [0.5, 0.6) is 0 Å². The minimum atomic E-state index is -3.77. The summed E-state index contributed by atoms with van der Waals surface area (Å²) < 4.78 is 33.9. The van der Waals surface area contributed by atoms with E-state index in [1.54, 1.807) is 0 Å². The molecule has 0 radical (unpaired) electrons. The fourth-order valence-corrected chi connectivity index (χ4v) is 5.11. The van der Waals surface area contributed by atoms with Gasteiger partial charge >= 0.3 is 5.97 Å². The monoisotopic (exact) mass is 320 g/mol. The zero-order chi connectivity index (χ0) is 15.6. The van der Waals surface area contributed by atoms with Crippen LogP contribution in [0.2, 0.25) is 0 Å². The van der Waals surface area contributed by atoms with Gasteiger partial charge in [0.1, 0.15) is 6.04 Å². The first kappa shape index (κ1) is 16.7. The van der Waals surface area contributed by atoms with E-state index in [1.807, 2.05) is 13.8 Å². The van der Waals surface area contributed by atoms with E-state index in [4.69, 9.17) is 4.74 Å². The zero-order valence-corrected chi connectivity index (χ0v) is 13.4. The highest BCUT2D eigenvalue weighted by Gasteiger charge is 2.43. The molecule has 2 saturated heterocycles. The summed E-state index contributed by atoms with van der Waals surface area (Å²) in [5, 5.41) is 9.30. The maximum Gasteiger partial charge on any atom is 0.322 e. The summed E-state index contributed by atoms with van der Waals surface area (Å²) in [5.74, 6) is -1.06. The molecule has 2 rings (SSSR count). The number of nitrogens with zero attached hydrogens (tertiary/aromatic N) is 2. The maximum atomic E-state index is 12.9. The van der Waals surface area contributed by atoms with Crippen LogP contribution in [0.15, 0.2) is 0 Å². The average Bonchev–Trinajstić information content (AvgIpc) is 2.47. The molecular weight excluding hydrogens is 296 g/mol. The van der Waals surface area contributed by atoms with Gasteiger partial charge in [-0.15, -0.1) is 0 Å². The van der Waals surface area contributed by atoms with Gasteiger partial charge in [-0.25, -0.2) is 0 Å². The zero-order valence-electron chi connectivity index (χ0n) is 12.6. The summed E-state index contributed by atoms with van der Waals surface area (Å²) >= 11 is 0. The Morgan fingerprint density at radius 3 is 2.67 bits per heavy atom. The molecule has 2 fully saturated rings. The molecule has 1 N–H and O–H groups in total. The number of aliphatic carboxylic acids is 1. The molecule has 0 bridgehead atoms. The molecule has 0 aromatic heterocycles. The molecule has 7 nitrogen and oxygen atoms in total. The molecule has 2 heterocycles. The van der Waals surface area contributed by atoms with Crippen LogP contribution >= 0.6 is 0 Å². The Balaban J connectivity index is 2.27. The van der Waals surface area contributed by atoms with E-state index in [1.165, 1.54) is 8.61 Å². The van der Waals surface area contributed by atoms with Crippen molar-refractivity contribution in [3.63, 3.8) is 0 Å². The number of hydrogen-bond acceptors (Lipinski definition) is 4. The summed E-state index contributed by atoms with van der Waals surface area (Å²) in [6.07, 6.45) is 2.32. The number of rotatable bonds is 4. The Kier molecular flexibility index (Phi) is 5.24. The number of ether oxygens (including phenoxy) is 1. The summed E-state index contributed by atoms with van der Waals surface area (Å²) in [4.78, 5) is 11.4. The second-order valence-corrected chi connectivity index (χ2v) is 7.58. The van der Waals surface area contributed by atoms with Gasteiger partial charge in [-0.05, 0) is 32.6 Å². The molecule has 0 spiro atoms. The number of carboxylic acid groups (broad SMARTS) is 1. The molecule has 0 saturated carbocycles. The average molecular weight is 320 g/mol. The topological polar surface area (TPSA) is 87.2 Å². The van der Waals surface area contributed by atoms with Crippen molar-refractivity contribution in [1.29, 1.82) is 0 Å². The smallest absolute Gasteiger partial charge is 0.322 e. The highest BCUT2D eigenvalue weighted by Crippen LogP contribution is 2.27. The van der Waals surface area contributed by atoms with Crippen molar-refractivity contribution < 1.29 is 23.1 Å². The number of carboxylic acids is 1. The van der Waals surface area contributed by atoms with E-state index in [-0.39, 0.29) is 25.2 Å². The van der Waals surface area contributed by atoms with Gasteiger partial charge in [0.15, 0.2) is 0 Å². The fraction of sp³-hybridized carbons (Fsp3) is 0.923. The first-order valence-electron chi connectivity index (χ1n) is 7.51. The molecule has 2 aliphatic heterocycles. The Morgan fingerprint density at radius 2 is 2.05 bits per heavy atom. The van der Waals surface area contributed by atoms with Gasteiger partial charge in [-0.3, -0.25) is 4.79 Å². The predicted molar refractivity (Wildman–Crippen MR) is 77.1 cm³/mol. The summed E-state index contributed by atoms with van der Waals surface area (Å²) in [6.45, 7) is 4.67. The van der Waals surface area contributed by atoms with Crippen LogP contribution in [0.25, 0.3) is 0 Å². The molecule has 8 heteroatoms. The lowest BCUT2D eigenvalue weighted by Gasteiger charge is -2.42. The molecule has 0 aromatic rings. The Hall–Kier alpha value is -0.700. The lowest BCUT2D eigenvalue weighted by atomic mass is 10.1. The van der Waals surface area contributed by atoms with Crippen LogP contribution in [-0.4, -0.2) is 66.0 Å². The van der Waals surface area contributed by atoms with Crippen molar-refractivity contribution in [3.05, 3.63) is 0 Å². The van der Waals surface area contributed by atoms with Crippen LogP contribution < -0.4 is 0 Å². The van der Waals surface area contributed by atoms with Crippen LogP contribution in [-0.2, 0) is 19.7 Å². The van der Waals surface area contributed by atoms with Crippen molar-refractivity contribution in [3.8, 4) is 0 Å². The second kappa shape index (κ2) is 6.60. The van der Waals surface area contributed by atoms with Crippen molar-refractivity contribution in [2.24, 2.45) is 0 Å². The lowest BCUT2D eigenvalue weighted by molar-refractivity contribution is -0.142. The molecule has 21 heavy (non-hydrogen) atoms. The van der Waals surface area contributed by atoms with E-state index < -0.39 is 22.2 Å². The third kappa shape index (κ3) is 3.39. The number of hydrogen-bond donors (Lipinski definition) is 1. The molecule has 0 aliphatic carbocycles. The van der Waals surface area contributed by atoms with Gasteiger partial charge in [-0.2, -0.15) is 17.0 Å². The van der Waals surface area contributed by atoms with E-state index in [0.29, 0.717) is 25.9 Å². The summed E-state index contributed by atoms with van der Waals surface area (Å²) in [5.41, 5.74) is 0. The van der Waals surface area contributed by atoms with Gasteiger partial charge in [0.2, 0.25) is 0 Å². The largest absolute Gasteiger partial charge is 0.480 e. The first-order valence-corrected chi connectivity index (χ1v) is 8.90. The van der Waals surface area contributed by atoms with Crippen molar-refractivity contribution in [2.75, 3.05) is 19.7 Å². The Morgan fingerprint density at radius 1 is 1.33 bits per heavy atom. The number of carbonyl (C=O) groups is 1. The normalized spacial score (nSPS) is 33.0. The van der Waals surface area contributed by atoms with E-state index in [9.17, 15) is 18.3 Å². The molecule has 3 atom stereocenters. The third-order valence-corrected chi connectivity index (χ3v) is 6.29. The fourth-order valence-electron chi connectivity index (χ4n) is 2.98. The van der Waals surface area contributed by atoms with Gasteiger partial charge < -0.3 is 9.84 Å². The molecule has 3 unspecified atom stereocenters.